The molecule has 1 aromatic carbocycles. The molecule has 0 aliphatic carbocycles. The van der Waals surface area contributed by atoms with Crippen LogP contribution in [0.25, 0.3) is 11.3 Å². The number of anilines is 1. The second kappa shape index (κ2) is 8.39. The minimum Gasteiger partial charge on any atom is -0.496 e. The molecule has 2 heterocycles. The molecule has 1 N–H and O–H groups in total. The number of rotatable bonds is 7. The van der Waals surface area contributed by atoms with E-state index in [0.717, 1.165) is 35.5 Å². The van der Waals surface area contributed by atoms with Crippen LogP contribution in [0.15, 0.2) is 54.0 Å². The maximum absolute atomic E-state index is 12.1. The maximum atomic E-state index is 12.1. The van der Waals surface area contributed by atoms with E-state index in [1.165, 1.54) is 11.3 Å². The van der Waals surface area contributed by atoms with Crippen molar-refractivity contribution in [2.75, 3.05) is 12.4 Å². The third-order valence-electron chi connectivity index (χ3n) is 3.70. The van der Waals surface area contributed by atoms with Gasteiger partial charge in [0.2, 0.25) is 5.91 Å². The number of amides is 1. The van der Waals surface area contributed by atoms with Gasteiger partial charge in [0.15, 0.2) is 5.13 Å². The van der Waals surface area contributed by atoms with Crippen molar-refractivity contribution in [1.82, 2.24) is 9.97 Å². The Morgan fingerprint density at radius 3 is 2.84 bits per heavy atom. The fourth-order valence-corrected chi connectivity index (χ4v) is 3.20. The van der Waals surface area contributed by atoms with Gasteiger partial charge in [0, 0.05) is 29.3 Å². The van der Waals surface area contributed by atoms with Gasteiger partial charge < -0.3 is 10.1 Å². The van der Waals surface area contributed by atoms with Crippen molar-refractivity contribution in [2.24, 2.45) is 0 Å². The van der Waals surface area contributed by atoms with E-state index >= 15 is 0 Å². The van der Waals surface area contributed by atoms with Crippen molar-refractivity contribution >= 4 is 22.4 Å². The summed E-state index contributed by atoms with van der Waals surface area (Å²) in [4.78, 5) is 20.8. The van der Waals surface area contributed by atoms with Crippen LogP contribution >= 0.6 is 11.3 Å². The molecule has 6 heteroatoms. The number of hydrogen-bond donors (Lipinski definition) is 1. The number of thiazole rings is 1. The van der Waals surface area contributed by atoms with Crippen molar-refractivity contribution in [3.63, 3.8) is 0 Å². The quantitative estimate of drug-likeness (QED) is 0.692. The van der Waals surface area contributed by atoms with Crippen LogP contribution < -0.4 is 10.1 Å². The molecule has 25 heavy (non-hydrogen) atoms. The highest BCUT2D eigenvalue weighted by molar-refractivity contribution is 7.14. The van der Waals surface area contributed by atoms with E-state index in [1.807, 2.05) is 47.8 Å². The summed E-state index contributed by atoms with van der Waals surface area (Å²) in [6.45, 7) is 0. The molecule has 3 aromatic rings. The zero-order chi connectivity index (χ0) is 17.5. The molecule has 128 valence electrons. The smallest absolute Gasteiger partial charge is 0.226 e. The minimum atomic E-state index is -0.0307. The Labute approximate surface area is 150 Å². The Hall–Kier alpha value is -2.73. The molecular formula is C19H19N3O2S. The highest BCUT2D eigenvalue weighted by Crippen LogP contribution is 2.31. The number of carbonyl (C=O) groups excluding carboxylic acids is 1. The maximum Gasteiger partial charge on any atom is 0.226 e. The molecule has 0 radical (unpaired) electrons. The molecule has 3 rings (SSSR count). The summed E-state index contributed by atoms with van der Waals surface area (Å²) >= 11 is 1.41. The summed E-state index contributed by atoms with van der Waals surface area (Å²) in [5, 5.41) is 5.38. The number of pyridine rings is 1. The average molecular weight is 353 g/mol. The Balaban J connectivity index is 1.55. The first kappa shape index (κ1) is 17.1. The van der Waals surface area contributed by atoms with Gasteiger partial charge in [0.1, 0.15) is 5.75 Å². The number of methoxy groups -OCH3 is 1. The van der Waals surface area contributed by atoms with Crippen molar-refractivity contribution in [1.29, 1.82) is 0 Å². The van der Waals surface area contributed by atoms with Gasteiger partial charge in [-0.15, -0.1) is 11.3 Å². The lowest BCUT2D eigenvalue weighted by Gasteiger charge is -2.05. The van der Waals surface area contributed by atoms with E-state index in [9.17, 15) is 4.79 Å². The fourth-order valence-electron chi connectivity index (χ4n) is 2.47. The Bertz CT molecular complexity index is 833. The topological polar surface area (TPSA) is 64.1 Å². The zero-order valence-electron chi connectivity index (χ0n) is 13.9. The van der Waals surface area contributed by atoms with Crippen LogP contribution in [0.3, 0.4) is 0 Å². The number of aryl methyl sites for hydroxylation is 1. The normalized spacial score (nSPS) is 10.4. The Kier molecular flexibility index (Phi) is 5.74. The number of nitrogens with one attached hydrogen (secondary N) is 1. The highest BCUT2D eigenvalue weighted by Gasteiger charge is 2.11. The second-order valence-corrected chi connectivity index (χ2v) is 6.32. The summed E-state index contributed by atoms with van der Waals surface area (Å²) in [6.07, 6.45) is 3.76. The van der Waals surface area contributed by atoms with Crippen LogP contribution in [0.4, 0.5) is 5.13 Å². The Morgan fingerprint density at radius 2 is 2.04 bits per heavy atom. The molecule has 5 nitrogen and oxygen atoms in total. The summed E-state index contributed by atoms with van der Waals surface area (Å²) in [5.41, 5.74) is 2.71. The first-order valence-corrected chi connectivity index (χ1v) is 8.93. The molecule has 0 aliphatic heterocycles. The molecule has 0 atom stereocenters. The molecular weight excluding hydrogens is 334 g/mol. The molecule has 0 saturated heterocycles. The fraction of sp³-hybridized carbons (Fsp3) is 0.211. The highest BCUT2D eigenvalue weighted by atomic mass is 32.1. The van der Waals surface area contributed by atoms with Crippen molar-refractivity contribution < 1.29 is 9.53 Å². The number of carbonyl (C=O) groups is 1. The minimum absolute atomic E-state index is 0.0307. The van der Waals surface area contributed by atoms with Gasteiger partial charge in [-0.05, 0) is 37.1 Å². The molecule has 0 spiro atoms. The van der Waals surface area contributed by atoms with Crippen LogP contribution in [0.2, 0.25) is 0 Å². The van der Waals surface area contributed by atoms with E-state index in [4.69, 9.17) is 4.74 Å². The van der Waals surface area contributed by atoms with E-state index in [-0.39, 0.29) is 5.91 Å². The predicted octanol–water partition coefficient (Wildman–Crippen LogP) is 4.18. The number of benzene rings is 1. The van der Waals surface area contributed by atoms with Crippen LogP contribution in [-0.2, 0) is 11.2 Å². The molecule has 0 bridgehead atoms. The van der Waals surface area contributed by atoms with E-state index in [1.54, 1.807) is 13.3 Å². The third kappa shape index (κ3) is 4.64. The van der Waals surface area contributed by atoms with Gasteiger partial charge in [-0.2, -0.15) is 0 Å². The van der Waals surface area contributed by atoms with E-state index in [2.05, 4.69) is 15.3 Å². The summed E-state index contributed by atoms with van der Waals surface area (Å²) < 4.78 is 5.36. The second-order valence-electron chi connectivity index (χ2n) is 5.46. The number of nitrogens with zero attached hydrogens (tertiary/aromatic N) is 2. The van der Waals surface area contributed by atoms with Gasteiger partial charge in [-0.25, -0.2) is 4.98 Å². The predicted molar refractivity (Wildman–Crippen MR) is 99.9 cm³/mol. The number of para-hydroxylation sites is 1. The van der Waals surface area contributed by atoms with Gasteiger partial charge in [-0.3, -0.25) is 9.78 Å². The Morgan fingerprint density at radius 1 is 1.20 bits per heavy atom. The van der Waals surface area contributed by atoms with E-state index in [0.29, 0.717) is 11.6 Å². The summed E-state index contributed by atoms with van der Waals surface area (Å²) in [7, 11) is 1.63. The van der Waals surface area contributed by atoms with Gasteiger partial charge in [-0.1, -0.05) is 18.2 Å². The molecule has 1 amide bonds. The number of aromatic nitrogens is 2. The monoisotopic (exact) mass is 353 g/mol. The van der Waals surface area contributed by atoms with Gasteiger partial charge >= 0.3 is 0 Å². The third-order valence-corrected chi connectivity index (χ3v) is 4.45. The van der Waals surface area contributed by atoms with Crippen LogP contribution in [0.5, 0.6) is 5.75 Å². The standard InChI is InChI=1S/C19H19N3O2S/c1-24-17-10-3-2-9-15(17)16-13-25-19(21-16)22-18(23)11-6-8-14-7-4-5-12-20-14/h2-5,7,9-10,12-13H,6,8,11H2,1H3,(H,21,22,23). The molecule has 0 aliphatic rings. The summed E-state index contributed by atoms with van der Waals surface area (Å²) in [6, 6.07) is 13.5. The molecule has 0 unspecified atom stereocenters. The summed E-state index contributed by atoms with van der Waals surface area (Å²) in [5.74, 6) is 0.734. The molecule has 2 aromatic heterocycles. The average Bonchev–Trinajstić information content (AvgIpc) is 3.10. The van der Waals surface area contributed by atoms with Crippen LogP contribution in [-0.4, -0.2) is 23.0 Å². The van der Waals surface area contributed by atoms with Crippen molar-refractivity contribution in [2.45, 2.75) is 19.3 Å². The lowest BCUT2D eigenvalue weighted by molar-refractivity contribution is -0.116. The number of hydrogen-bond acceptors (Lipinski definition) is 5. The molecule has 0 fully saturated rings. The first-order valence-electron chi connectivity index (χ1n) is 8.05. The lowest BCUT2D eigenvalue weighted by Crippen LogP contribution is -2.11. The van der Waals surface area contributed by atoms with Crippen LogP contribution in [0.1, 0.15) is 18.5 Å². The van der Waals surface area contributed by atoms with Gasteiger partial charge in [0.05, 0.1) is 12.8 Å². The number of ether oxygens (including phenoxy) is 1. The van der Waals surface area contributed by atoms with Gasteiger partial charge in [0.25, 0.3) is 0 Å². The first-order chi connectivity index (χ1) is 12.3. The van der Waals surface area contributed by atoms with Crippen molar-refractivity contribution in [3.05, 3.63) is 59.7 Å². The zero-order valence-corrected chi connectivity index (χ0v) is 14.8. The van der Waals surface area contributed by atoms with Crippen LogP contribution in [0, 0.1) is 0 Å². The largest absolute Gasteiger partial charge is 0.496 e. The van der Waals surface area contributed by atoms with Crippen molar-refractivity contribution in [3.8, 4) is 17.0 Å². The molecule has 0 saturated carbocycles. The SMILES string of the molecule is COc1ccccc1-c1csc(NC(=O)CCCc2ccccn2)n1. The van der Waals surface area contributed by atoms with E-state index < -0.39 is 0 Å². The lowest BCUT2D eigenvalue weighted by atomic mass is 10.1.